The van der Waals surface area contributed by atoms with Crippen LogP contribution in [0, 0.1) is 5.82 Å². The van der Waals surface area contributed by atoms with E-state index >= 15 is 0 Å². The van der Waals surface area contributed by atoms with Crippen molar-refractivity contribution in [3.05, 3.63) is 65.8 Å². The smallest absolute Gasteiger partial charge is 0.329 e. The summed E-state index contributed by atoms with van der Waals surface area (Å²) < 4.78 is 71.2. The van der Waals surface area contributed by atoms with Crippen LogP contribution in [0.3, 0.4) is 0 Å². The van der Waals surface area contributed by atoms with Crippen molar-refractivity contribution < 1.29 is 31.1 Å². The van der Waals surface area contributed by atoms with E-state index in [0.717, 1.165) is 6.07 Å². The molecule has 3 aromatic rings. The number of carbonyl (C=O) groups is 1. The summed E-state index contributed by atoms with van der Waals surface area (Å²) >= 11 is 0. The average Bonchev–Trinajstić information content (AvgIpc) is 3.12. The predicted molar refractivity (Wildman–Crippen MR) is 90.2 cm³/mol. The number of halogens is 4. The van der Waals surface area contributed by atoms with E-state index < -0.39 is 33.5 Å². The van der Waals surface area contributed by atoms with Crippen LogP contribution in [0.4, 0.5) is 17.6 Å². The van der Waals surface area contributed by atoms with Crippen LogP contribution in [0.15, 0.2) is 62.3 Å². The number of carbonyl (C=O) groups excluding carboxylic acids is 1. The normalized spacial score (nSPS) is 13.8. The van der Waals surface area contributed by atoms with Gasteiger partial charge >= 0.3 is 12.1 Å². The zero-order valence-corrected chi connectivity index (χ0v) is 14.9. The van der Waals surface area contributed by atoms with Gasteiger partial charge in [0.2, 0.25) is 5.82 Å². The number of amides is 1. The molecule has 0 bridgehead atoms. The highest BCUT2D eigenvalue weighted by Crippen LogP contribution is 2.29. The first-order valence-corrected chi connectivity index (χ1v) is 9.52. The molecule has 28 heavy (non-hydrogen) atoms. The summed E-state index contributed by atoms with van der Waals surface area (Å²) in [6.45, 7) is 0. The van der Waals surface area contributed by atoms with Crippen molar-refractivity contribution >= 4 is 15.6 Å². The molecule has 11 heteroatoms. The number of rotatable bonds is 3. The van der Waals surface area contributed by atoms with Crippen LogP contribution in [-0.2, 0) is 15.9 Å². The Labute approximate surface area is 156 Å². The molecule has 0 fully saturated rings. The summed E-state index contributed by atoms with van der Waals surface area (Å²) in [5.41, 5.74) is 0.215. The van der Waals surface area contributed by atoms with Gasteiger partial charge in [0.15, 0.2) is 0 Å². The maximum atomic E-state index is 13.3. The number of alkyl halides is 3. The van der Waals surface area contributed by atoms with Crippen molar-refractivity contribution in [2.75, 3.05) is 6.26 Å². The minimum absolute atomic E-state index is 0.0364. The van der Waals surface area contributed by atoms with Crippen LogP contribution in [0.5, 0.6) is 0 Å². The van der Waals surface area contributed by atoms with E-state index in [1.807, 2.05) is 0 Å². The topological polar surface area (TPSA) is 85.4 Å². The molecule has 2 aromatic carbocycles. The Kier molecular flexibility index (Phi) is 5.02. The molecule has 0 spiro atoms. The highest BCUT2D eigenvalue weighted by atomic mass is 32.2. The SMILES string of the molecule is CS(=O)(=NC(=O)c1ccc(-c2noc(C(F)(F)F)n2)cc1)c1cccc(F)c1. The Balaban J connectivity index is 1.86. The molecule has 0 aliphatic rings. The Hall–Kier alpha value is -3.08. The van der Waals surface area contributed by atoms with Crippen LogP contribution in [0.1, 0.15) is 16.2 Å². The highest BCUT2D eigenvalue weighted by Gasteiger charge is 2.38. The second-order valence-corrected chi connectivity index (χ2v) is 7.91. The van der Waals surface area contributed by atoms with Gasteiger partial charge in [0.25, 0.3) is 5.91 Å². The largest absolute Gasteiger partial charge is 0.471 e. The lowest BCUT2D eigenvalue weighted by Crippen LogP contribution is -2.05. The fourth-order valence-electron chi connectivity index (χ4n) is 2.18. The maximum Gasteiger partial charge on any atom is 0.471 e. The van der Waals surface area contributed by atoms with Gasteiger partial charge in [-0.25, -0.2) is 8.60 Å². The quantitative estimate of drug-likeness (QED) is 0.601. The number of nitrogens with zero attached hydrogens (tertiary/aromatic N) is 3. The van der Waals surface area contributed by atoms with E-state index in [1.165, 1.54) is 48.7 Å². The van der Waals surface area contributed by atoms with Crippen molar-refractivity contribution in [2.45, 2.75) is 11.1 Å². The summed E-state index contributed by atoms with van der Waals surface area (Å²) in [6.07, 6.45) is -3.57. The summed E-state index contributed by atoms with van der Waals surface area (Å²) in [4.78, 5) is 15.6. The fourth-order valence-corrected chi connectivity index (χ4v) is 3.37. The first-order chi connectivity index (χ1) is 13.1. The molecule has 1 heterocycles. The van der Waals surface area contributed by atoms with Gasteiger partial charge in [-0.3, -0.25) is 4.79 Å². The molecule has 6 nitrogen and oxygen atoms in total. The van der Waals surface area contributed by atoms with E-state index in [2.05, 4.69) is 19.0 Å². The molecule has 146 valence electrons. The van der Waals surface area contributed by atoms with Crippen molar-refractivity contribution in [2.24, 2.45) is 4.36 Å². The molecule has 0 saturated carbocycles. The van der Waals surface area contributed by atoms with Crippen LogP contribution in [-0.4, -0.2) is 26.5 Å². The van der Waals surface area contributed by atoms with Gasteiger partial charge in [-0.15, -0.1) is 0 Å². The number of benzene rings is 2. The molecule has 0 aliphatic heterocycles. The van der Waals surface area contributed by atoms with E-state index in [1.54, 1.807) is 0 Å². The van der Waals surface area contributed by atoms with Gasteiger partial charge < -0.3 is 4.52 Å². The Morgan fingerprint density at radius 2 is 1.82 bits per heavy atom. The molecule has 1 unspecified atom stereocenters. The second-order valence-electron chi connectivity index (χ2n) is 5.65. The summed E-state index contributed by atoms with van der Waals surface area (Å²) in [7, 11) is -3.18. The first kappa shape index (κ1) is 19.7. The molecular formula is C17H11F4N3O3S. The molecule has 0 saturated heterocycles. The van der Waals surface area contributed by atoms with Crippen molar-refractivity contribution in [3.63, 3.8) is 0 Å². The first-order valence-electron chi connectivity index (χ1n) is 7.60. The van der Waals surface area contributed by atoms with Gasteiger partial charge in [-0.1, -0.05) is 23.4 Å². The number of hydrogen-bond donors (Lipinski definition) is 0. The van der Waals surface area contributed by atoms with E-state index in [0.29, 0.717) is 0 Å². The standard InChI is InChI=1S/C17H11F4N3O3S/c1-28(26,13-4-2-3-12(18)9-13)24-15(25)11-7-5-10(6-8-11)14-22-16(27-23-14)17(19,20)21/h2-9H,1H3. The number of hydrogen-bond acceptors (Lipinski definition) is 5. The lowest BCUT2D eigenvalue weighted by atomic mass is 10.1. The fraction of sp³-hybridized carbons (Fsp3) is 0.118. The monoisotopic (exact) mass is 413 g/mol. The third kappa shape index (κ3) is 4.25. The zero-order valence-electron chi connectivity index (χ0n) is 14.1. The van der Waals surface area contributed by atoms with Gasteiger partial charge in [0.05, 0.1) is 14.6 Å². The second kappa shape index (κ2) is 7.15. The van der Waals surface area contributed by atoms with Gasteiger partial charge in [0.1, 0.15) is 5.82 Å². The molecule has 0 N–H and O–H groups in total. The molecule has 0 aliphatic carbocycles. The minimum Gasteiger partial charge on any atom is -0.329 e. The van der Waals surface area contributed by atoms with Crippen molar-refractivity contribution in [1.82, 2.24) is 10.1 Å². The zero-order chi connectivity index (χ0) is 20.5. The highest BCUT2D eigenvalue weighted by molar-refractivity contribution is 7.93. The molecule has 3 rings (SSSR count). The predicted octanol–water partition coefficient (Wildman–Crippen LogP) is 4.19. The van der Waals surface area contributed by atoms with E-state index in [-0.39, 0.29) is 21.8 Å². The van der Waals surface area contributed by atoms with Crippen molar-refractivity contribution in [1.29, 1.82) is 0 Å². The Morgan fingerprint density at radius 3 is 2.39 bits per heavy atom. The third-order valence-electron chi connectivity index (χ3n) is 3.55. The molecule has 1 amide bonds. The minimum atomic E-state index is -4.77. The van der Waals surface area contributed by atoms with Crippen LogP contribution in [0.25, 0.3) is 11.4 Å². The van der Waals surface area contributed by atoms with Crippen LogP contribution in [0.2, 0.25) is 0 Å². The van der Waals surface area contributed by atoms with Crippen LogP contribution >= 0.6 is 0 Å². The van der Waals surface area contributed by atoms with Crippen molar-refractivity contribution in [3.8, 4) is 11.4 Å². The van der Waals surface area contributed by atoms with E-state index in [4.69, 9.17) is 0 Å². The van der Waals surface area contributed by atoms with Gasteiger partial charge in [-0.2, -0.15) is 22.5 Å². The summed E-state index contributed by atoms with van der Waals surface area (Å²) in [5, 5.41) is 3.24. The molecular weight excluding hydrogens is 402 g/mol. The maximum absolute atomic E-state index is 13.3. The Bertz CT molecular complexity index is 1150. The Morgan fingerprint density at radius 1 is 1.14 bits per heavy atom. The van der Waals surface area contributed by atoms with E-state index in [9.17, 15) is 26.6 Å². The third-order valence-corrected chi connectivity index (χ3v) is 5.19. The van der Waals surface area contributed by atoms with Gasteiger partial charge in [-0.05, 0) is 30.3 Å². The van der Waals surface area contributed by atoms with Gasteiger partial charge in [0, 0.05) is 17.4 Å². The van der Waals surface area contributed by atoms with Crippen LogP contribution < -0.4 is 0 Å². The average molecular weight is 413 g/mol. The summed E-state index contributed by atoms with van der Waals surface area (Å²) in [5.74, 6) is -3.23. The lowest BCUT2D eigenvalue weighted by Gasteiger charge is -2.04. The number of aromatic nitrogens is 2. The molecule has 0 radical (unpaired) electrons. The summed E-state index contributed by atoms with van der Waals surface area (Å²) in [6, 6.07) is 10.1. The molecule has 1 atom stereocenters. The molecule has 1 aromatic heterocycles. The lowest BCUT2D eigenvalue weighted by molar-refractivity contribution is -0.159.